The second-order valence-corrected chi connectivity index (χ2v) is 6.01. The number of benzene rings is 2. The minimum Gasteiger partial charge on any atom is -0.496 e. The first-order valence-electron chi connectivity index (χ1n) is 8.10. The molecule has 0 atom stereocenters. The van der Waals surface area contributed by atoms with Crippen LogP contribution in [0.1, 0.15) is 22.3 Å². The minimum atomic E-state index is -0.149. The van der Waals surface area contributed by atoms with Crippen molar-refractivity contribution in [2.24, 2.45) is 5.10 Å². The third kappa shape index (κ3) is 3.71. The lowest BCUT2D eigenvalue weighted by Gasteiger charge is -2.08. The lowest BCUT2D eigenvalue weighted by atomic mass is 10.1. The molecule has 25 heavy (non-hydrogen) atoms. The highest BCUT2D eigenvalue weighted by atomic mass is 16.5. The topological polar surface area (TPSA) is 66.5 Å². The molecule has 0 radical (unpaired) electrons. The number of carbonyl (C=O) groups excluding carboxylic acids is 1. The highest BCUT2D eigenvalue weighted by molar-refractivity contribution is 5.89. The van der Waals surface area contributed by atoms with Gasteiger partial charge in [-0.15, -0.1) is 0 Å². The summed E-state index contributed by atoms with van der Waals surface area (Å²) in [6.07, 6.45) is 3.81. The van der Waals surface area contributed by atoms with Crippen molar-refractivity contribution in [2.75, 3.05) is 7.11 Å². The molecule has 128 valence electrons. The number of para-hydroxylation sites is 1. The van der Waals surface area contributed by atoms with Crippen LogP contribution in [-0.2, 0) is 11.2 Å². The summed E-state index contributed by atoms with van der Waals surface area (Å²) < 4.78 is 5.30. The Bertz CT molecular complexity index is 941. The van der Waals surface area contributed by atoms with Crippen molar-refractivity contribution in [3.8, 4) is 5.75 Å². The fraction of sp³-hybridized carbons (Fsp3) is 0.200. The fourth-order valence-electron chi connectivity index (χ4n) is 2.84. The number of aromatic nitrogens is 1. The number of carbonyl (C=O) groups is 1. The summed E-state index contributed by atoms with van der Waals surface area (Å²) in [5.41, 5.74) is 7.60. The Balaban J connectivity index is 1.66. The van der Waals surface area contributed by atoms with E-state index in [0.29, 0.717) is 0 Å². The molecule has 0 saturated carbocycles. The van der Waals surface area contributed by atoms with E-state index in [9.17, 15) is 4.79 Å². The molecular formula is C20H21N3O2. The van der Waals surface area contributed by atoms with Gasteiger partial charge in [-0.2, -0.15) is 5.10 Å². The molecule has 0 saturated heterocycles. The van der Waals surface area contributed by atoms with E-state index in [1.807, 2.05) is 56.4 Å². The van der Waals surface area contributed by atoms with Crippen molar-refractivity contribution in [3.05, 3.63) is 64.8 Å². The lowest BCUT2D eigenvalue weighted by molar-refractivity contribution is -0.120. The number of amides is 1. The van der Waals surface area contributed by atoms with Gasteiger partial charge in [-0.3, -0.25) is 4.79 Å². The first-order valence-corrected chi connectivity index (χ1v) is 8.10. The molecule has 2 aromatic carbocycles. The molecule has 1 amide bonds. The molecule has 5 nitrogen and oxygen atoms in total. The zero-order valence-corrected chi connectivity index (χ0v) is 14.6. The largest absolute Gasteiger partial charge is 0.496 e. The normalized spacial score (nSPS) is 11.2. The van der Waals surface area contributed by atoms with Gasteiger partial charge in [0.25, 0.3) is 0 Å². The number of aryl methyl sites for hydroxylation is 2. The number of nitrogens with zero attached hydrogens (tertiary/aromatic N) is 1. The zero-order valence-electron chi connectivity index (χ0n) is 14.6. The second kappa shape index (κ2) is 7.21. The number of hydrogen-bond acceptors (Lipinski definition) is 3. The van der Waals surface area contributed by atoms with E-state index in [1.165, 1.54) is 0 Å². The monoisotopic (exact) mass is 335 g/mol. The molecule has 5 heteroatoms. The van der Waals surface area contributed by atoms with Crippen LogP contribution in [-0.4, -0.2) is 24.2 Å². The number of rotatable bonds is 5. The molecule has 3 rings (SSSR count). The number of H-pyrrole nitrogens is 1. The van der Waals surface area contributed by atoms with E-state index in [0.717, 1.165) is 38.9 Å². The van der Waals surface area contributed by atoms with Crippen molar-refractivity contribution in [2.45, 2.75) is 20.3 Å². The minimum absolute atomic E-state index is 0.149. The summed E-state index contributed by atoms with van der Waals surface area (Å²) in [5, 5.41) is 5.14. The van der Waals surface area contributed by atoms with Crippen LogP contribution in [0.4, 0.5) is 0 Å². The smallest absolute Gasteiger partial charge is 0.244 e. The van der Waals surface area contributed by atoms with E-state index in [4.69, 9.17) is 4.74 Å². The number of aromatic amines is 1. The Morgan fingerprint density at radius 3 is 2.84 bits per heavy atom. The molecular weight excluding hydrogens is 314 g/mol. The van der Waals surface area contributed by atoms with Crippen LogP contribution in [0.2, 0.25) is 0 Å². The van der Waals surface area contributed by atoms with Crippen molar-refractivity contribution in [1.29, 1.82) is 0 Å². The molecule has 0 fully saturated rings. The average molecular weight is 335 g/mol. The molecule has 1 aromatic heterocycles. The number of hydrazone groups is 1. The Hall–Kier alpha value is -3.08. The van der Waals surface area contributed by atoms with Crippen molar-refractivity contribution in [3.63, 3.8) is 0 Å². The number of hydrogen-bond donors (Lipinski definition) is 2. The van der Waals surface area contributed by atoms with Gasteiger partial charge in [0.15, 0.2) is 0 Å². The maximum Gasteiger partial charge on any atom is 0.244 e. The highest BCUT2D eigenvalue weighted by Crippen LogP contribution is 2.21. The van der Waals surface area contributed by atoms with E-state index < -0.39 is 0 Å². The van der Waals surface area contributed by atoms with Gasteiger partial charge < -0.3 is 9.72 Å². The molecule has 1 heterocycles. The number of ether oxygens (including phenoxy) is 1. The van der Waals surface area contributed by atoms with Gasteiger partial charge in [-0.05, 0) is 54.3 Å². The Morgan fingerprint density at radius 2 is 2.04 bits per heavy atom. The van der Waals surface area contributed by atoms with E-state index in [1.54, 1.807) is 13.3 Å². The van der Waals surface area contributed by atoms with Crippen LogP contribution in [0.25, 0.3) is 10.9 Å². The Morgan fingerprint density at radius 1 is 1.24 bits per heavy atom. The molecule has 0 aliphatic rings. The molecule has 0 bridgehead atoms. The van der Waals surface area contributed by atoms with Gasteiger partial charge in [-0.25, -0.2) is 5.43 Å². The fourth-order valence-corrected chi connectivity index (χ4v) is 2.84. The molecule has 0 spiro atoms. The number of nitrogens with one attached hydrogen (secondary N) is 2. The maximum atomic E-state index is 12.1. The first kappa shape index (κ1) is 16.8. The molecule has 3 aromatic rings. The van der Waals surface area contributed by atoms with E-state index in [-0.39, 0.29) is 12.3 Å². The van der Waals surface area contributed by atoms with Crippen molar-refractivity contribution in [1.82, 2.24) is 10.4 Å². The molecule has 0 unspecified atom stereocenters. The zero-order chi connectivity index (χ0) is 17.8. The third-order valence-corrected chi connectivity index (χ3v) is 4.20. The summed E-state index contributed by atoms with van der Waals surface area (Å²) in [7, 11) is 1.65. The highest BCUT2D eigenvalue weighted by Gasteiger charge is 2.08. The van der Waals surface area contributed by atoms with Crippen molar-refractivity contribution >= 4 is 23.0 Å². The summed E-state index contributed by atoms with van der Waals surface area (Å²) in [5.74, 6) is 0.696. The van der Waals surface area contributed by atoms with Gasteiger partial charge in [0.1, 0.15) is 5.75 Å². The average Bonchev–Trinajstić information content (AvgIpc) is 3.00. The summed E-state index contributed by atoms with van der Waals surface area (Å²) >= 11 is 0. The van der Waals surface area contributed by atoms with Gasteiger partial charge in [-0.1, -0.05) is 18.2 Å². The lowest BCUT2D eigenvalue weighted by Crippen LogP contribution is -2.19. The van der Waals surface area contributed by atoms with Gasteiger partial charge >= 0.3 is 0 Å². The standard InChI is InChI=1S/C20H21N3O2/c1-13-9-19(25-3)14(2)8-15(13)12-22-23-20(24)10-16-11-21-18-7-5-4-6-17(16)18/h4-9,11-12,21H,10H2,1-3H3,(H,23,24). The summed E-state index contributed by atoms with van der Waals surface area (Å²) in [6, 6.07) is 11.9. The third-order valence-electron chi connectivity index (χ3n) is 4.20. The van der Waals surface area contributed by atoms with Crippen LogP contribution < -0.4 is 10.2 Å². The van der Waals surface area contributed by atoms with Gasteiger partial charge in [0.2, 0.25) is 5.91 Å². The number of fused-ring (bicyclic) bond motifs is 1. The summed E-state index contributed by atoms with van der Waals surface area (Å²) in [4.78, 5) is 15.3. The second-order valence-electron chi connectivity index (χ2n) is 6.01. The predicted molar refractivity (Wildman–Crippen MR) is 100 cm³/mol. The van der Waals surface area contributed by atoms with Crippen molar-refractivity contribution < 1.29 is 9.53 Å². The van der Waals surface area contributed by atoms with Crippen LogP contribution >= 0.6 is 0 Å². The summed E-state index contributed by atoms with van der Waals surface area (Å²) in [6.45, 7) is 3.96. The van der Waals surface area contributed by atoms with Crippen LogP contribution in [0, 0.1) is 13.8 Å². The van der Waals surface area contributed by atoms with Crippen LogP contribution in [0.3, 0.4) is 0 Å². The first-order chi connectivity index (χ1) is 12.1. The maximum absolute atomic E-state index is 12.1. The van der Waals surface area contributed by atoms with E-state index >= 15 is 0 Å². The van der Waals surface area contributed by atoms with E-state index in [2.05, 4.69) is 15.5 Å². The number of methoxy groups -OCH3 is 1. The van der Waals surface area contributed by atoms with Crippen LogP contribution in [0.15, 0.2) is 47.7 Å². The van der Waals surface area contributed by atoms with Gasteiger partial charge in [0, 0.05) is 17.1 Å². The molecule has 2 N–H and O–H groups in total. The quantitative estimate of drug-likeness (QED) is 0.554. The molecule has 0 aliphatic carbocycles. The van der Waals surface area contributed by atoms with Crippen LogP contribution in [0.5, 0.6) is 5.75 Å². The SMILES string of the molecule is COc1cc(C)c(C=NNC(=O)Cc2c[nH]c3ccccc23)cc1C. The Labute approximate surface area is 146 Å². The Kier molecular flexibility index (Phi) is 4.84. The van der Waals surface area contributed by atoms with Gasteiger partial charge in [0.05, 0.1) is 19.7 Å². The predicted octanol–water partition coefficient (Wildman–Crippen LogP) is 3.49. The molecule has 0 aliphatic heterocycles.